The number of nitrogens with one attached hydrogen (secondary N) is 2. The summed E-state index contributed by atoms with van der Waals surface area (Å²) in [4.78, 5) is 37.9. The maximum atomic E-state index is 12.7. The van der Waals surface area contributed by atoms with Gasteiger partial charge in [0.1, 0.15) is 4.88 Å². The molecule has 3 rings (SSSR count). The molecule has 0 aromatic carbocycles. The Kier molecular flexibility index (Phi) is 4.94. The molecule has 128 valence electrons. The quantitative estimate of drug-likeness (QED) is 0.882. The topological polar surface area (TPSA) is 91.0 Å². The van der Waals surface area contributed by atoms with E-state index in [2.05, 4.69) is 20.3 Å². The molecule has 0 spiro atoms. The molecule has 2 aromatic heterocycles. The van der Waals surface area contributed by atoms with Gasteiger partial charge >= 0.3 is 0 Å². The summed E-state index contributed by atoms with van der Waals surface area (Å²) in [6, 6.07) is 1.55. The Morgan fingerprint density at radius 2 is 2.21 bits per heavy atom. The zero-order valence-corrected chi connectivity index (χ0v) is 14.7. The van der Waals surface area contributed by atoms with Crippen LogP contribution >= 0.6 is 11.3 Å². The fraction of sp³-hybridized carbons (Fsp3) is 0.500. The highest BCUT2D eigenvalue weighted by Crippen LogP contribution is 2.29. The monoisotopic (exact) mass is 347 g/mol. The van der Waals surface area contributed by atoms with E-state index in [4.69, 9.17) is 0 Å². The molecule has 0 atom stereocenters. The van der Waals surface area contributed by atoms with Crippen LogP contribution in [0, 0.1) is 6.92 Å². The van der Waals surface area contributed by atoms with Crippen LogP contribution in [0.25, 0.3) is 0 Å². The number of H-pyrrole nitrogens is 1. The van der Waals surface area contributed by atoms with E-state index >= 15 is 0 Å². The van der Waals surface area contributed by atoms with Gasteiger partial charge in [0, 0.05) is 31.6 Å². The van der Waals surface area contributed by atoms with Gasteiger partial charge in [-0.3, -0.25) is 9.59 Å². The van der Waals surface area contributed by atoms with Crippen molar-refractivity contribution in [2.45, 2.75) is 32.6 Å². The van der Waals surface area contributed by atoms with Gasteiger partial charge in [-0.15, -0.1) is 0 Å². The van der Waals surface area contributed by atoms with Crippen LogP contribution < -0.4 is 10.9 Å². The number of aromatic amines is 1. The largest absolute Gasteiger partial charge is 0.362 e. The molecular formula is C16H21N5O2S. The van der Waals surface area contributed by atoms with Crippen LogP contribution in [0.2, 0.25) is 0 Å². The summed E-state index contributed by atoms with van der Waals surface area (Å²) in [6.07, 6.45) is 3.08. The third-order valence-corrected chi connectivity index (χ3v) is 5.32. The minimum atomic E-state index is -0.130. The summed E-state index contributed by atoms with van der Waals surface area (Å²) >= 11 is 1.41. The molecule has 2 N–H and O–H groups in total. The van der Waals surface area contributed by atoms with E-state index in [9.17, 15) is 9.59 Å². The number of rotatable bonds is 4. The number of carbonyl (C=O) groups excluding carboxylic acids is 1. The van der Waals surface area contributed by atoms with Crippen molar-refractivity contribution in [3.05, 3.63) is 39.0 Å². The van der Waals surface area contributed by atoms with Crippen LogP contribution in [-0.2, 0) is 0 Å². The first-order valence-electron chi connectivity index (χ1n) is 8.13. The molecule has 1 fully saturated rings. The lowest BCUT2D eigenvalue weighted by atomic mass is 9.93. The first-order chi connectivity index (χ1) is 11.6. The predicted octanol–water partition coefficient (Wildman–Crippen LogP) is 1.99. The Hall–Kier alpha value is -2.22. The van der Waals surface area contributed by atoms with Crippen molar-refractivity contribution in [2.24, 2.45) is 0 Å². The predicted molar refractivity (Wildman–Crippen MR) is 93.8 cm³/mol. The average Bonchev–Trinajstić information content (AvgIpc) is 2.95. The Bertz CT molecular complexity index is 777. The van der Waals surface area contributed by atoms with Crippen LogP contribution in [-0.4, -0.2) is 45.4 Å². The highest BCUT2D eigenvalue weighted by atomic mass is 32.1. The average molecular weight is 347 g/mol. The lowest BCUT2D eigenvalue weighted by Crippen LogP contribution is -2.38. The second kappa shape index (κ2) is 7.12. The van der Waals surface area contributed by atoms with Gasteiger partial charge in [0.2, 0.25) is 0 Å². The van der Waals surface area contributed by atoms with Crippen molar-refractivity contribution in [2.75, 3.05) is 25.0 Å². The van der Waals surface area contributed by atoms with Gasteiger partial charge in [0.05, 0.1) is 17.7 Å². The number of likely N-dealkylation sites (tertiary alicyclic amines) is 1. The Morgan fingerprint density at radius 3 is 2.88 bits per heavy atom. The maximum Gasteiger partial charge on any atom is 0.265 e. The van der Waals surface area contributed by atoms with E-state index in [1.807, 2.05) is 18.7 Å². The van der Waals surface area contributed by atoms with E-state index in [0.29, 0.717) is 18.0 Å². The summed E-state index contributed by atoms with van der Waals surface area (Å²) in [5.74, 6) is 0.280. The highest BCUT2D eigenvalue weighted by Gasteiger charge is 2.27. The van der Waals surface area contributed by atoms with Gasteiger partial charge in [-0.25, -0.2) is 9.97 Å². The molecule has 1 saturated heterocycles. The van der Waals surface area contributed by atoms with Gasteiger partial charge in [0.25, 0.3) is 11.5 Å². The molecule has 7 nitrogen and oxygen atoms in total. The fourth-order valence-corrected chi connectivity index (χ4v) is 3.95. The van der Waals surface area contributed by atoms with Gasteiger partial charge in [-0.1, -0.05) is 11.3 Å². The highest BCUT2D eigenvalue weighted by molar-refractivity contribution is 7.17. The minimum Gasteiger partial charge on any atom is -0.362 e. The third-order valence-electron chi connectivity index (χ3n) is 4.22. The Morgan fingerprint density at radius 1 is 1.46 bits per heavy atom. The Labute approximate surface area is 144 Å². The number of amides is 1. The van der Waals surface area contributed by atoms with Crippen LogP contribution in [0.5, 0.6) is 0 Å². The van der Waals surface area contributed by atoms with Gasteiger partial charge in [-0.2, -0.15) is 0 Å². The molecule has 0 saturated carbocycles. The molecule has 3 heterocycles. The smallest absolute Gasteiger partial charge is 0.265 e. The van der Waals surface area contributed by atoms with Crippen LogP contribution in [0.1, 0.15) is 46.7 Å². The molecule has 0 aliphatic carbocycles. The fourth-order valence-electron chi connectivity index (χ4n) is 2.95. The molecule has 1 aliphatic heterocycles. The number of anilines is 1. The SMILES string of the molecule is CCNc1nc(C)c(C(=O)N2CCC(c3cc(=O)[nH]cn3)CC2)s1. The lowest BCUT2D eigenvalue weighted by molar-refractivity contribution is 0.0716. The zero-order chi connectivity index (χ0) is 17.1. The number of hydrogen-bond acceptors (Lipinski definition) is 6. The summed E-state index contributed by atoms with van der Waals surface area (Å²) in [5, 5.41) is 3.95. The number of hydrogen-bond donors (Lipinski definition) is 2. The molecule has 1 amide bonds. The molecular weight excluding hydrogens is 326 g/mol. The van der Waals surface area contributed by atoms with E-state index in [0.717, 1.165) is 35.9 Å². The second-order valence-electron chi connectivity index (χ2n) is 5.87. The number of aryl methyl sites for hydroxylation is 1. The van der Waals surface area contributed by atoms with E-state index in [1.165, 1.54) is 17.7 Å². The molecule has 2 aromatic rings. The van der Waals surface area contributed by atoms with Crippen molar-refractivity contribution >= 4 is 22.4 Å². The van der Waals surface area contributed by atoms with Crippen molar-refractivity contribution < 1.29 is 4.79 Å². The van der Waals surface area contributed by atoms with Gasteiger partial charge < -0.3 is 15.2 Å². The van der Waals surface area contributed by atoms with Gasteiger partial charge in [0.15, 0.2) is 5.13 Å². The van der Waals surface area contributed by atoms with Crippen LogP contribution in [0.4, 0.5) is 5.13 Å². The number of carbonyl (C=O) groups is 1. The first-order valence-corrected chi connectivity index (χ1v) is 8.95. The summed E-state index contributed by atoms with van der Waals surface area (Å²) in [5.41, 5.74) is 1.46. The maximum absolute atomic E-state index is 12.7. The van der Waals surface area contributed by atoms with E-state index in [-0.39, 0.29) is 17.4 Å². The summed E-state index contributed by atoms with van der Waals surface area (Å²) < 4.78 is 0. The number of aromatic nitrogens is 3. The minimum absolute atomic E-state index is 0.0477. The van der Waals surface area contributed by atoms with E-state index < -0.39 is 0 Å². The molecule has 0 radical (unpaired) electrons. The molecule has 8 heteroatoms. The van der Waals surface area contributed by atoms with Crippen LogP contribution in [0.3, 0.4) is 0 Å². The normalized spacial score (nSPS) is 15.5. The van der Waals surface area contributed by atoms with Gasteiger partial charge in [-0.05, 0) is 26.7 Å². The second-order valence-corrected chi connectivity index (χ2v) is 6.87. The van der Waals surface area contributed by atoms with Crippen molar-refractivity contribution in [1.29, 1.82) is 0 Å². The number of piperidine rings is 1. The Balaban J connectivity index is 1.66. The van der Waals surface area contributed by atoms with E-state index in [1.54, 1.807) is 6.07 Å². The molecule has 0 unspecified atom stereocenters. The summed E-state index contributed by atoms with van der Waals surface area (Å²) in [7, 11) is 0. The molecule has 0 bridgehead atoms. The number of thiazole rings is 1. The van der Waals surface area contributed by atoms with Crippen molar-refractivity contribution in [3.8, 4) is 0 Å². The lowest BCUT2D eigenvalue weighted by Gasteiger charge is -2.31. The zero-order valence-electron chi connectivity index (χ0n) is 13.8. The van der Waals surface area contributed by atoms with Crippen molar-refractivity contribution in [3.63, 3.8) is 0 Å². The molecule has 1 aliphatic rings. The number of nitrogens with zero attached hydrogens (tertiary/aromatic N) is 3. The third kappa shape index (κ3) is 3.48. The van der Waals surface area contributed by atoms with Crippen LogP contribution in [0.15, 0.2) is 17.2 Å². The first kappa shape index (κ1) is 16.6. The molecule has 24 heavy (non-hydrogen) atoms. The van der Waals surface area contributed by atoms with Crippen molar-refractivity contribution in [1.82, 2.24) is 19.9 Å². The summed E-state index contributed by atoms with van der Waals surface area (Å²) in [6.45, 7) is 6.01. The standard InChI is InChI=1S/C16H21N5O2S/c1-3-17-16-20-10(2)14(24-16)15(23)21-6-4-11(5-7-21)12-8-13(22)19-9-18-12/h8-9,11H,3-7H2,1-2H3,(H,17,20)(H,18,19,22).